The smallest absolute Gasteiger partial charge is 0.828 e. The van der Waals surface area contributed by atoms with E-state index in [9.17, 15) is 0 Å². The zero-order chi connectivity index (χ0) is 9.00. The topological polar surface area (TPSA) is 164 Å². The van der Waals surface area contributed by atoms with Crippen LogP contribution >= 0.6 is 7.82 Å². The predicted molar refractivity (Wildman–Crippen MR) is 24.5 cm³/mol. The third-order valence-corrected chi connectivity index (χ3v) is 0. The van der Waals surface area contributed by atoms with Crippen molar-refractivity contribution >= 4 is 16.9 Å². The Hall–Kier alpha value is 1.36. The van der Waals surface area contributed by atoms with Crippen molar-refractivity contribution in [1.29, 1.82) is 0 Å². The molecule has 0 aromatic rings. The van der Waals surface area contributed by atoms with Crippen molar-refractivity contribution in [3.8, 4) is 0 Å². The van der Waals surface area contributed by atoms with Crippen molar-refractivity contribution in [2.75, 3.05) is 0 Å². The van der Waals surface area contributed by atoms with Crippen LogP contribution in [-0.2, 0) is 4.57 Å². The fraction of sp³-hybridized carbons (Fsp3) is 0. The van der Waals surface area contributed by atoms with Crippen LogP contribution in [0.25, 0.3) is 0 Å². The second kappa shape index (κ2) is 8.94. The van der Waals surface area contributed by atoms with Crippen molar-refractivity contribution in [3.63, 3.8) is 0 Å². The summed E-state index contributed by atoms with van der Waals surface area (Å²) in [7, 11) is -9.75. The van der Waals surface area contributed by atoms with E-state index in [1.54, 1.807) is 0 Å². The maximum absolute atomic E-state index is 8.88. The van der Waals surface area contributed by atoms with Gasteiger partial charge in [-0.3, -0.25) is 0 Å². The van der Waals surface area contributed by atoms with Gasteiger partial charge >= 0.3 is 45.5 Å². The summed E-state index contributed by atoms with van der Waals surface area (Å²) in [6, 6.07) is 0. The van der Waals surface area contributed by atoms with Crippen LogP contribution in [0.5, 0.6) is 0 Å². The van der Waals surface area contributed by atoms with Gasteiger partial charge in [0.1, 0.15) is 9.05 Å². The third-order valence-electron chi connectivity index (χ3n) is 0. The summed E-state index contributed by atoms with van der Waals surface area (Å²) in [6.45, 7) is 0. The Bertz CT molecular complexity index is 109. The number of rotatable bonds is 0. The molecule has 0 aliphatic rings. The van der Waals surface area contributed by atoms with Crippen LogP contribution in [0.2, 0.25) is 0 Å². The molecule has 0 spiro atoms. The Morgan fingerprint density at radius 2 is 1.00 bits per heavy atom. The van der Waals surface area contributed by atoms with Gasteiger partial charge in [-0.25, -0.2) is 4.57 Å². The molecular weight excluding hydrogens is 201 g/mol. The largest absolute Gasteiger partial charge is 1.00 e. The first-order valence-corrected chi connectivity index (χ1v) is 4.91. The van der Waals surface area contributed by atoms with E-state index in [-0.39, 0.29) is 37.7 Å². The Kier molecular flexibility index (Phi) is 17.4. The van der Waals surface area contributed by atoms with Gasteiger partial charge in [-0.05, 0) is 0 Å². The Labute approximate surface area is 93.0 Å². The zero-order valence-electron chi connectivity index (χ0n) is 6.41. The van der Waals surface area contributed by atoms with E-state index < -0.39 is 16.9 Å². The number of hydrogen-bond acceptors (Lipinski definition) is 5. The van der Waals surface area contributed by atoms with Crippen molar-refractivity contribution in [3.05, 3.63) is 0 Å². The van der Waals surface area contributed by atoms with E-state index in [2.05, 4.69) is 0 Å². The molecule has 8 nitrogen and oxygen atoms in total. The van der Waals surface area contributed by atoms with E-state index in [0.717, 1.165) is 0 Å². The van der Waals surface area contributed by atoms with Crippen LogP contribution < -0.4 is 47.3 Å². The minimum atomic E-state index is -5.11. The van der Waals surface area contributed by atoms with Gasteiger partial charge in [-0.15, -0.1) is 0 Å². The minimum absolute atomic E-state index is 0. The summed E-state index contributed by atoms with van der Waals surface area (Å²) in [6.07, 6.45) is 0. The minimum Gasteiger partial charge on any atom is -0.828 e. The number of hydrogen-bond donors (Lipinski definition) is 5. The maximum atomic E-state index is 8.88. The van der Waals surface area contributed by atoms with Crippen LogP contribution in [0, 0.1) is 0 Å². The first kappa shape index (κ1) is 23.3. The van der Waals surface area contributed by atoms with Crippen molar-refractivity contribution in [2.24, 2.45) is 0 Å². The molecule has 0 aromatic carbocycles. The molecule has 5 N–H and O–H groups in total. The summed E-state index contributed by atoms with van der Waals surface area (Å²) < 4.78 is 8.88. The molecule has 0 bridgehead atoms. The van der Waals surface area contributed by atoms with Gasteiger partial charge in [0.2, 0.25) is 0 Å². The molecule has 12 heteroatoms. The normalized spacial score (nSPS) is 9.92. The van der Waals surface area contributed by atoms with Crippen molar-refractivity contribution < 1.29 is 76.1 Å². The van der Waals surface area contributed by atoms with E-state index in [0.29, 0.717) is 0 Å². The third kappa shape index (κ3) is 658. The van der Waals surface area contributed by atoms with Gasteiger partial charge in [-0.1, -0.05) is 0 Å². The monoisotopic (exact) mass is 206 g/mol. The van der Waals surface area contributed by atoms with E-state index >= 15 is 0 Å². The quantitative estimate of drug-likeness (QED) is 0.192. The van der Waals surface area contributed by atoms with Gasteiger partial charge in [0.05, 0.1) is 0 Å². The zero-order valence-corrected chi connectivity index (χ0v) is 8.30. The fourth-order valence-electron chi connectivity index (χ4n) is 0. The summed E-state index contributed by atoms with van der Waals surface area (Å²) >= 11 is 0. The Morgan fingerprint density at radius 3 is 1.00 bits per heavy atom. The maximum Gasteiger partial charge on any atom is 1.00 e. The predicted octanol–water partition coefficient (Wildman–Crippen LogP) is -10.8. The molecule has 0 saturated heterocycles. The summed E-state index contributed by atoms with van der Waals surface area (Å²) in [5.41, 5.74) is 0. The molecular formula is H5Li2O8PSi. The summed E-state index contributed by atoms with van der Waals surface area (Å²) in [5.74, 6) is 0. The van der Waals surface area contributed by atoms with E-state index in [4.69, 9.17) is 38.4 Å². The van der Waals surface area contributed by atoms with Crippen LogP contribution in [0.15, 0.2) is 0 Å². The SMILES string of the molecule is O=P(O)(O)O.[Li+].[Li+].[O-][Si]([O-])(O)O. The van der Waals surface area contributed by atoms with Gasteiger partial charge in [0.15, 0.2) is 0 Å². The van der Waals surface area contributed by atoms with Gasteiger partial charge in [-0.2, -0.15) is 0 Å². The van der Waals surface area contributed by atoms with Gasteiger partial charge in [0, 0.05) is 0 Å². The molecule has 0 aliphatic carbocycles. The summed E-state index contributed by atoms with van der Waals surface area (Å²) in [5, 5.41) is 0. The van der Waals surface area contributed by atoms with Gasteiger partial charge in [0.25, 0.3) is 0 Å². The fourth-order valence-corrected chi connectivity index (χ4v) is 0. The molecule has 64 valence electrons. The molecule has 0 saturated carbocycles. The van der Waals surface area contributed by atoms with Crippen molar-refractivity contribution in [1.82, 2.24) is 0 Å². The van der Waals surface area contributed by atoms with E-state index in [1.165, 1.54) is 0 Å². The first-order valence-electron chi connectivity index (χ1n) is 1.64. The second-order valence-corrected chi connectivity index (χ2v) is 3.19. The number of phosphoric acid groups is 1. The molecule has 0 radical (unpaired) electrons. The molecule has 0 atom stereocenters. The average molecular weight is 206 g/mol. The standard InChI is InChI=1S/2Li.H3O4P.H2O4Si/c;;2*1-5(2,3)4/h;;(H3,1,2,3,4);1-2H/q2*+1;;-2. The van der Waals surface area contributed by atoms with Crippen molar-refractivity contribution in [2.45, 2.75) is 0 Å². The molecule has 12 heavy (non-hydrogen) atoms. The molecule has 0 unspecified atom stereocenters. The van der Waals surface area contributed by atoms with Crippen LogP contribution in [0.3, 0.4) is 0 Å². The van der Waals surface area contributed by atoms with Crippen LogP contribution in [-0.4, -0.2) is 33.3 Å². The summed E-state index contributed by atoms with van der Waals surface area (Å²) in [4.78, 5) is 53.4. The van der Waals surface area contributed by atoms with Gasteiger partial charge < -0.3 is 33.9 Å². The molecule has 0 aliphatic heterocycles. The Balaban J connectivity index is -0.0000000457. The molecule has 0 rings (SSSR count). The van der Waals surface area contributed by atoms with Crippen LogP contribution in [0.4, 0.5) is 0 Å². The average Bonchev–Trinajstić information content (AvgIpc) is 1.12. The second-order valence-electron chi connectivity index (χ2n) is 1.06. The molecule has 0 amide bonds. The first-order chi connectivity index (χ1) is 4.00. The van der Waals surface area contributed by atoms with E-state index in [1.807, 2.05) is 0 Å². The Morgan fingerprint density at radius 1 is 1.00 bits per heavy atom. The molecule has 0 fully saturated rings. The molecule has 0 heterocycles. The molecule has 0 aromatic heterocycles. The van der Waals surface area contributed by atoms with Crippen LogP contribution in [0.1, 0.15) is 0 Å².